The summed E-state index contributed by atoms with van der Waals surface area (Å²) < 4.78 is 1.93. The van der Waals surface area contributed by atoms with Gasteiger partial charge in [-0.1, -0.05) is 6.92 Å². The van der Waals surface area contributed by atoms with Crippen molar-refractivity contribution in [2.45, 2.75) is 58.0 Å². The van der Waals surface area contributed by atoms with Crippen molar-refractivity contribution in [3.05, 3.63) is 17.2 Å². The number of nitrogens with zero attached hydrogens (tertiary/aromatic N) is 2. The summed E-state index contributed by atoms with van der Waals surface area (Å²) in [6.45, 7) is 3.41. The Bertz CT molecular complexity index is 560. The van der Waals surface area contributed by atoms with Gasteiger partial charge in [0.1, 0.15) is 5.69 Å². The van der Waals surface area contributed by atoms with E-state index in [-0.39, 0.29) is 11.8 Å². The molecule has 2 amide bonds. The minimum atomic E-state index is -0.175. The van der Waals surface area contributed by atoms with Crippen LogP contribution in [0.15, 0.2) is 0 Å². The fourth-order valence-corrected chi connectivity index (χ4v) is 2.70. The molecule has 3 rings (SSSR count). The van der Waals surface area contributed by atoms with Crippen molar-refractivity contribution in [2.75, 3.05) is 6.54 Å². The first-order chi connectivity index (χ1) is 10.2. The highest BCUT2D eigenvalue weighted by atomic mass is 16.2. The lowest BCUT2D eigenvalue weighted by Gasteiger charge is -2.17. The molecule has 1 saturated carbocycles. The van der Waals surface area contributed by atoms with Crippen LogP contribution in [0.5, 0.6) is 0 Å². The van der Waals surface area contributed by atoms with E-state index in [1.807, 2.05) is 11.5 Å². The van der Waals surface area contributed by atoms with Gasteiger partial charge in [0.05, 0.1) is 5.69 Å². The first-order valence-corrected chi connectivity index (χ1v) is 7.89. The normalized spacial score (nSPS) is 17.2. The van der Waals surface area contributed by atoms with Gasteiger partial charge in [0.25, 0.3) is 11.8 Å². The molecule has 2 heterocycles. The average molecular weight is 290 g/mol. The highest BCUT2D eigenvalue weighted by Gasteiger charge is 2.30. The van der Waals surface area contributed by atoms with Crippen LogP contribution in [-0.2, 0) is 13.0 Å². The lowest BCUT2D eigenvalue weighted by Crippen LogP contribution is -2.28. The third-order valence-electron chi connectivity index (χ3n) is 3.98. The van der Waals surface area contributed by atoms with E-state index in [1.54, 1.807) is 0 Å². The summed E-state index contributed by atoms with van der Waals surface area (Å²) in [4.78, 5) is 28.9. The highest BCUT2D eigenvalue weighted by molar-refractivity contribution is 5.97. The van der Waals surface area contributed by atoms with E-state index in [2.05, 4.69) is 15.6 Å². The molecule has 0 radical (unpaired) electrons. The van der Waals surface area contributed by atoms with Gasteiger partial charge in [0, 0.05) is 19.1 Å². The predicted molar refractivity (Wildman–Crippen MR) is 78.3 cm³/mol. The SMILES string of the molecule is CCCNC(=O)c1nc(C(=O)NC2CC2)c2n1CCCC2. The molecule has 0 spiro atoms. The van der Waals surface area contributed by atoms with Crippen LogP contribution in [0.4, 0.5) is 0 Å². The van der Waals surface area contributed by atoms with Crippen LogP contribution < -0.4 is 10.6 Å². The number of aromatic nitrogens is 2. The second kappa shape index (κ2) is 5.87. The Labute approximate surface area is 124 Å². The van der Waals surface area contributed by atoms with Crippen molar-refractivity contribution >= 4 is 11.8 Å². The van der Waals surface area contributed by atoms with E-state index in [0.717, 1.165) is 50.8 Å². The number of amides is 2. The van der Waals surface area contributed by atoms with Gasteiger partial charge in [-0.2, -0.15) is 0 Å². The Morgan fingerprint density at radius 1 is 1.29 bits per heavy atom. The van der Waals surface area contributed by atoms with Crippen molar-refractivity contribution in [3.63, 3.8) is 0 Å². The minimum absolute atomic E-state index is 0.127. The van der Waals surface area contributed by atoms with E-state index in [1.165, 1.54) is 0 Å². The third kappa shape index (κ3) is 2.94. The maximum absolute atomic E-state index is 12.3. The molecule has 114 valence electrons. The Morgan fingerprint density at radius 2 is 2.10 bits per heavy atom. The van der Waals surface area contributed by atoms with Gasteiger partial charge in [0.15, 0.2) is 5.82 Å². The Balaban J connectivity index is 1.87. The molecule has 0 aromatic carbocycles. The summed E-state index contributed by atoms with van der Waals surface area (Å²) in [5, 5.41) is 5.82. The molecule has 1 fully saturated rings. The molecule has 2 N–H and O–H groups in total. The molecule has 0 unspecified atom stereocenters. The summed E-state index contributed by atoms with van der Waals surface area (Å²) in [5.74, 6) is 0.0854. The zero-order valence-corrected chi connectivity index (χ0v) is 12.4. The number of imidazole rings is 1. The molecule has 1 aliphatic heterocycles. The number of nitrogens with one attached hydrogen (secondary N) is 2. The van der Waals surface area contributed by atoms with Crippen molar-refractivity contribution < 1.29 is 9.59 Å². The van der Waals surface area contributed by atoms with E-state index in [0.29, 0.717) is 24.1 Å². The zero-order chi connectivity index (χ0) is 14.8. The molecule has 6 nitrogen and oxygen atoms in total. The summed E-state index contributed by atoms with van der Waals surface area (Å²) >= 11 is 0. The second-order valence-corrected chi connectivity index (χ2v) is 5.84. The second-order valence-electron chi connectivity index (χ2n) is 5.84. The number of hydrogen-bond donors (Lipinski definition) is 2. The number of carbonyl (C=O) groups excluding carboxylic acids is 2. The maximum atomic E-state index is 12.3. The first kappa shape index (κ1) is 14.1. The van der Waals surface area contributed by atoms with Crippen molar-refractivity contribution in [1.29, 1.82) is 0 Å². The smallest absolute Gasteiger partial charge is 0.287 e. The molecular weight excluding hydrogens is 268 g/mol. The van der Waals surface area contributed by atoms with Crippen molar-refractivity contribution in [1.82, 2.24) is 20.2 Å². The maximum Gasteiger partial charge on any atom is 0.287 e. The van der Waals surface area contributed by atoms with Crippen molar-refractivity contribution in [3.8, 4) is 0 Å². The number of rotatable bonds is 5. The lowest BCUT2D eigenvalue weighted by atomic mass is 10.1. The summed E-state index contributed by atoms with van der Waals surface area (Å²) in [5.41, 5.74) is 1.37. The molecule has 1 aromatic rings. The van der Waals surface area contributed by atoms with Gasteiger partial charge in [0.2, 0.25) is 0 Å². The standard InChI is InChI=1S/C15H22N4O2/c1-2-8-16-15(21)13-18-12(14(20)17-10-6-7-10)11-5-3-4-9-19(11)13/h10H,2-9H2,1H3,(H,16,21)(H,17,20). The molecule has 0 bridgehead atoms. The average Bonchev–Trinajstić information content (AvgIpc) is 3.22. The molecule has 2 aliphatic rings. The first-order valence-electron chi connectivity index (χ1n) is 7.89. The topological polar surface area (TPSA) is 76.0 Å². The van der Waals surface area contributed by atoms with Crippen LogP contribution in [0.25, 0.3) is 0 Å². The molecule has 0 atom stereocenters. The Kier molecular flexibility index (Phi) is 3.94. The van der Waals surface area contributed by atoms with Crippen LogP contribution in [0, 0.1) is 0 Å². The van der Waals surface area contributed by atoms with Gasteiger partial charge >= 0.3 is 0 Å². The van der Waals surface area contributed by atoms with Crippen LogP contribution >= 0.6 is 0 Å². The lowest BCUT2D eigenvalue weighted by molar-refractivity contribution is 0.0937. The van der Waals surface area contributed by atoms with Gasteiger partial charge in [-0.15, -0.1) is 0 Å². The Morgan fingerprint density at radius 3 is 2.81 bits per heavy atom. The molecule has 1 aliphatic carbocycles. The van der Waals surface area contributed by atoms with Crippen LogP contribution in [0.1, 0.15) is 65.8 Å². The highest BCUT2D eigenvalue weighted by Crippen LogP contribution is 2.23. The van der Waals surface area contributed by atoms with Gasteiger partial charge < -0.3 is 15.2 Å². The van der Waals surface area contributed by atoms with E-state index < -0.39 is 0 Å². The van der Waals surface area contributed by atoms with Gasteiger partial charge in [-0.3, -0.25) is 9.59 Å². The summed E-state index contributed by atoms with van der Waals surface area (Å²) in [6.07, 6.45) is 5.87. The minimum Gasteiger partial charge on any atom is -0.349 e. The zero-order valence-electron chi connectivity index (χ0n) is 12.4. The van der Waals surface area contributed by atoms with E-state index in [4.69, 9.17) is 0 Å². The molecule has 1 aromatic heterocycles. The van der Waals surface area contributed by atoms with Gasteiger partial charge in [-0.25, -0.2) is 4.98 Å². The molecule has 21 heavy (non-hydrogen) atoms. The van der Waals surface area contributed by atoms with Crippen LogP contribution in [0.2, 0.25) is 0 Å². The summed E-state index contributed by atoms with van der Waals surface area (Å²) in [6, 6.07) is 0.302. The third-order valence-corrected chi connectivity index (χ3v) is 3.98. The monoisotopic (exact) mass is 290 g/mol. The number of carbonyl (C=O) groups is 2. The van der Waals surface area contributed by atoms with E-state index in [9.17, 15) is 9.59 Å². The molecular formula is C15H22N4O2. The van der Waals surface area contributed by atoms with Crippen LogP contribution in [0.3, 0.4) is 0 Å². The van der Waals surface area contributed by atoms with Crippen molar-refractivity contribution in [2.24, 2.45) is 0 Å². The van der Waals surface area contributed by atoms with Gasteiger partial charge in [-0.05, 0) is 38.5 Å². The Hall–Kier alpha value is -1.85. The fourth-order valence-electron chi connectivity index (χ4n) is 2.70. The van der Waals surface area contributed by atoms with Crippen LogP contribution in [-0.4, -0.2) is 34.0 Å². The van der Waals surface area contributed by atoms with E-state index >= 15 is 0 Å². The molecule has 0 saturated heterocycles. The fraction of sp³-hybridized carbons (Fsp3) is 0.667. The predicted octanol–water partition coefficient (Wildman–Crippen LogP) is 1.25. The molecule has 6 heteroatoms. The summed E-state index contributed by atoms with van der Waals surface area (Å²) in [7, 11) is 0. The number of hydrogen-bond acceptors (Lipinski definition) is 3. The quantitative estimate of drug-likeness (QED) is 0.857. The number of fused-ring (bicyclic) bond motifs is 1. The largest absolute Gasteiger partial charge is 0.349 e.